The Balaban J connectivity index is 1.92. The zero-order valence-electron chi connectivity index (χ0n) is 15.7. The van der Waals surface area contributed by atoms with Gasteiger partial charge in [0.1, 0.15) is 0 Å². The number of benzene rings is 1. The average Bonchev–Trinajstić information content (AvgIpc) is 3.45. The van der Waals surface area contributed by atoms with Gasteiger partial charge in [-0.25, -0.2) is 0 Å². The minimum atomic E-state index is -0.196. The van der Waals surface area contributed by atoms with Crippen LogP contribution in [0, 0.1) is 5.92 Å². The van der Waals surface area contributed by atoms with Crippen LogP contribution in [0.15, 0.2) is 18.2 Å². The van der Waals surface area contributed by atoms with Gasteiger partial charge in [0, 0.05) is 37.5 Å². The Hall–Kier alpha value is -2.37. The second-order valence-corrected chi connectivity index (χ2v) is 7.40. The number of unbranched alkanes of at least 4 members (excludes halogenated alkanes) is 1. The van der Waals surface area contributed by atoms with Gasteiger partial charge in [0.25, 0.3) is 5.91 Å². The zero-order valence-corrected chi connectivity index (χ0v) is 15.7. The first-order chi connectivity index (χ1) is 12.4. The van der Waals surface area contributed by atoms with Gasteiger partial charge in [-0.1, -0.05) is 13.3 Å². The van der Waals surface area contributed by atoms with Gasteiger partial charge in [-0.3, -0.25) is 14.4 Å². The largest absolute Gasteiger partial charge is 0.342 e. The Morgan fingerprint density at radius 2 is 2.04 bits per heavy atom. The van der Waals surface area contributed by atoms with Crippen LogP contribution in [0.3, 0.4) is 0 Å². The molecule has 1 aliphatic carbocycles. The summed E-state index contributed by atoms with van der Waals surface area (Å²) in [6, 6.07) is 5.04. The van der Waals surface area contributed by atoms with Crippen molar-refractivity contribution in [1.29, 1.82) is 0 Å². The van der Waals surface area contributed by atoms with Crippen LogP contribution in [0.25, 0.3) is 0 Å². The average molecular weight is 357 g/mol. The molecule has 140 valence electrons. The smallest absolute Gasteiger partial charge is 0.253 e. The maximum Gasteiger partial charge on any atom is 0.253 e. The number of amides is 3. The first kappa shape index (κ1) is 18.4. The molecule has 6 heteroatoms. The minimum absolute atomic E-state index is 0.0694. The summed E-state index contributed by atoms with van der Waals surface area (Å²) in [5, 5.41) is 2.87. The maximum absolute atomic E-state index is 12.7. The lowest BCUT2D eigenvalue weighted by Gasteiger charge is -2.28. The van der Waals surface area contributed by atoms with Crippen LogP contribution in [0.4, 0.5) is 11.4 Å². The quantitative estimate of drug-likeness (QED) is 0.880. The van der Waals surface area contributed by atoms with Crippen molar-refractivity contribution in [3.8, 4) is 0 Å². The van der Waals surface area contributed by atoms with Crippen LogP contribution in [0.5, 0.6) is 0 Å². The lowest BCUT2D eigenvalue weighted by molar-refractivity contribution is -0.120. The molecule has 1 unspecified atom stereocenters. The first-order valence-electron chi connectivity index (χ1n) is 9.44. The number of nitrogens with zero attached hydrogens (tertiary/aromatic N) is 2. The van der Waals surface area contributed by atoms with E-state index in [1.807, 2.05) is 6.92 Å². The second-order valence-electron chi connectivity index (χ2n) is 7.40. The summed E-state index contributed by atoms with van der Waals surface area (Å²) < 4.78 is 0. The molecule has 1 saturated carbocycles. The molecular weight excluding hydrogens is 330 g/mol. The van der Waals surface area contributed by atoms with Crippen molar-refractivity contribution in [3.63, 3.8) is 0 Å². The van der Waals surface area contributed by atoms with Crippen LogP contribution in [0.1, 0.15) is 56.3 Å². The zero-order chi connectivity index (χ0) is 18.8. The van der Waals surface area contributed by atoms with Crippen molar-refractivity contribution in [2.75, 3.05) is 23.8 Å². The third-order valence-corrected chi connectivity index (χ3v) is 5.06. The number of anilines is 2. The molecular formula is C20H27N3O3. The Labute approximate surface area is 154 Å². The van der Waals surface area contributed by atoms with Gasteiger partial charge in [0.2, 0.25) is 11.8 Å². The monoisotopic (exact) mass is 357 g/mol. The van der Waals surface area contributed by atoms with E-state index in [2.05, 4.69) is 12.2 Å². The predicted molar refractivity (Wildman–Crippen MR) is 101 cm³/mol. The third-order valence-electron chi connectivity index (χ3n) is 5.06. The number of hydrogen-bond donors (Lipinski definition) is 1. The fraction of sp³-hybridized carbons (Fsp3) is 0.550. The lowest BCUT2D eigenvalue weighted by atomic mass is 10.1. The standard InChI is InChI=1S/C20H27N3O3/c1-4-5-10-22(3)19(25)15-8-9-17-16(12-15)21-18(24)11-13(2)23(17)20(26)14-6-7-14/h8-9,12-14H,4-7,10-11H2,1-3H3,(H,21,24). The van der Waals surface area contributed by atoms with E-state index >= 15 is 0 Å². The molecule has 0 radical (unpaired) electrons. The molecule has 3 amide bonds. The molecule has 1 aromatic rings. The highest BCUT2D eigenvalue weighted by atomic mass is 16.2. The van der Waals surface area contributed by atoms with Crippen LogP contribution in [-0.4, -0.2) is 42.3 Å². The van der Waals surface area contributed by atoms with Gasteiger partial charge < -0.3 is 15.1 Å². The van der Waals surface area contributed by atoms with E-state index in [4.69, 9.17) is 0 Å². The normalized spacial score (nSPS) is 19.4. The van der Waals surface area contributed by atoms with Crippen molar-refractivity contribution in [2.24, 2.45) is 5.92 Å². The molecule has 1 N–H and O–H groups in total. The van der Waals surface area contributed by atoms with Crippen LogP contribution in [0.2, 0.25) is 0 Å². The van der Waals surface area contributed by atoms with Crippen molar-refractivity contribution in [1.82, 2.24) is 4.90 Å². The number of carbonyl (C=O) groups excluding carboxylic acids is 3. The molecule has 0 saturated heterocycles. The number of hydrogen-bond acceptors (Lipinski definition) is 3. The Morgan fingerprint density at radius 3 is 2.69 bits per heavy atom. The number of carbonyl (C=O) groups is 3. The predicted octanol–water partition coefficient (Wildman–Crippen LogP) is 3.03. The van der Waals surface area contributed by atoms with E-state index in [-0.39, 0.29) is 36.1 Å². The highest BCUT2D eigenvalue weighted by molar-refractivity contribution is 6.07. The van der Waals surface area contributed by atoms with Crippen molar-refractivity contribution in [2.45, 2.75) is 52.0 Å². The molecule has 0 bridgehead atoms. The summed E-state index contributed by atoms with van der Waals surface area (Å²) in [6.45, 7) is 4.68. The molecule has 26 heavy (non-hydrogen) atoms. The molecule has 1 aromatic carbocycles. The molecule has 0 aromatic heterocycles. The van der Waals surface area contributed by atoms with Gasteiger partial charge in [0.15, 0.2) is 0 Å². The first-order valence-corrected chi connectivity index (χ1v) is 9.44. The van der Waals surface area contributed by atoms with E-state index in [1.165, 1.54) is 0 Å². The number of nitrogens with one attached hydrogen (secondary N) is 1. The SMILES string of the molecule is CCCCN(C)C(=O)c1ccc2c(c1)NC(=O)CC(C)N2C(=O)C1CC1. The Morgan fingerprint density at radius 1 is 1.31 bits per heavy atom. The molecule has 1 fully saturated rings. The van der Waals surface area contributed by atoms with Crippen molar-refractivity contribution < 1.29 is 14.4 Å². The van der Waals surface area contributed by atoms with Crippen LogP contribution >= 0.6 is 0 Å². The summed E-state index contributed by atoms with van der Waals surface area (Å²) in [5.74, 6) is -0.0592. The molecule has 2 aliphatic rings. The molecule has 1 atom stereocenters. The van der Waals surface area contributed by atoms with Gasteiger partial charge in [-0.2, -0.15) is 0 Å². The van der Waals surface area contributed by atoms with E-state index in [0.29, 0.717) is 23.5 Å². The topological polar surface area (TPSA) is 69.7 Å². The van der Waals surface area contributed by atoms with E-state index < -0.39 is 0 Å². The van der Waals surface area contributed by atoms with Crippen LogP contribution in [-0.2, 0) is 9.59 Å². The Kier molecular flexibility index (Phi) is 5.30. The highest BCUT2D eigenvalue weighted by Crippen LogP contribution is 2.38. The fourth-order valence-electron chi connectivity index (χ4n) is 3.36. The van der Waals surface area contributed by atoms with Crippen LogP contribution < -0.4 is 10.2 Å². The molecule has 1 aliphatic heterocycles. The molecule has 6 nitrogen and oxygen atoms in total. The number of rotatable bonds is 5. The molecule has 1 heterocycles. The lowest BCUT2D eigenvalue weighted by Crippen LogP contribution is -2.40. The highest BCUT2D eigenvalue weighted by Gasteiger charge is 2.38. The van der Waals surface area contributed by atoms with Gasteiger partial charge in [0.05, 0.1) is 11.4 Å². The minimum Gasteiger partial charge on any atom is -0.342 e. The van der Waals surface area contributed by atoms with E-state index in [9.17, 15) is 14.4 Å². The fourth-order valence-corrected chi connectivity index (χ4v) is 3.36. The van der Waals surface area contributed by atoms with Gasteiger partial charge in [-0.15, -0.1) is 0 Å². The van der Waals surface area contributed by atoms with Crippen molar-refractivity contribution >= 4 is 29.1 Å². The summed E-state index contributed by atoms with van der Waals surface area (Å²) in [5.41, 5.74) is 1.76. The van der Waals surface area contributed by atoms with E-state index in [1.54, 1.807) is 35.0 Å². The van der Waals surface area contributed by atoms with Crippen molar-refractivity contribution in [3.05, 3.63) is 23.8 Å². The summed E-state index contributed by atoms with van der Waals surface area (Å²) in [4.78, 5) is 41.0. The Bertz CT molecular complexity index is 727. The van der Waals surface area contributed by atoms with E-state index in [0.717, 1.165) is 25.7 Å². The summed E-state index contributed by atoms with van der Waals surface area (Å²) in [6.07, 6.45) is 4.06. The van der Waals surface area contributed by atoms with Gasteiger partial charge in [-0.05, 0) is 44.4 Å². The number of fused-ring (bicyclic) bond motifs is 1. The third kappa shape index (κ3) is 3.74. The molecule has 3 rings (SSSR count). The maximum atomic E-state index is 12.7. The molecule has 0 spiro atoms. The second kappa shape index (κ2) is 7.48. The summed E-state index contributed by atoms with van der Waals surface area (Å²) >= 11 is 0. The van der Waals surface area contributed by atoms with Gasteiger partial charge >= 0.3 is 0 Å². The summed E-state index contributed by atoms with van der Waals surface area (Å²) in [7, 11) is 1.78.